The largest absolute Gasteiger partial charge is 0.496 e. The summed E-state index contributed by atoms with van der Waals surface area (Å²) < 4.78 is 16.4. The summed E-state index contributed by atoms with van der Waals surface area (Å²) in [6.45, 7) is 17.4. The Balaban J connectivity index is 1.32. The van der Waals surface area contributed by atoms with E-state index in [1.807, 2.05) is 23.0 Å². The summed E-state index contributed by atoms with van der Waals surface area (Å²) in [6, 6.07) is 4.83. The maximum Gasteiger partial charge on any atom is 0.232 e. The number of ether oxygens (including phenoxy) is 1. The van der Waals surface area contributed by atoms with Crippen molar-refractivity contribution >= 4 is 36.9 Å². The summed E-state index contributed by atoms with van der Waals surface area (Å²) in [5.74, 6) is 3.00. The first-order valence-corrected chi connectivity index (χ1v) is 18.5. The fourth-order valence-electron chi connectivity index (χ4n) is 5.71. The Labute approximate surface area is 256 Å². The molecule has 4 heterocycles. The molecule has 0 radical (unpaired) electrons. The van der Waals surface area contributed by atoms with Gasteiger partial charge in [0.05, 0.1) is 49.3 Å². The summed E-state index contributed by atoms with van der Waals surface area (Å²) in [6.07, 6.45) is 11.4. The number of rotatable bonds is 9. The molecule has 1 aliphatic carbocycles. The normalized spacial score (nSPS) is 18.0. The van der Waals surface area contributed by atoms with Gasteiger partial charge in [0.1, 0.15) is 17.9 Å². The zero-order chi connectivity index (χ0) is 30.5. The van der Waals surface area contributed by atoms with E-state index in [0.29, 0.717) is 24.4 Å². The summed E-state index contributed by atoms with van der Waals surface area (Å²) in [5, 5.41) is 9.41. The number of aryl methyl sites for hydroxylation is 1. The van der Waals surface area contributed by atoms with Gasteiger partial charge < -0.3 is 23.9 Å². The molecule has 2 aliphatic rings. The second-order valence-electron chi connectivity index (χ2n) is 13.7. The molecule has 1 aromatic carbocycles. The number of nitrogens with one attached hydrogen (secondary N) is 1. The third-order valence-corrected chi connectivity index (χ3v) is 14.4. The topological polar surface area (TPSA) is 95.1 Å². The molecule has 10 nitrogen and oxygen atoms in total. The summed E-state index contributed by atoms with van der Waals surface area (Å²) in [4.78, 5) is 17.2. The van der Waals surface area contributed by atoms with Crippen molar-refractivity contribution in [3.63, 3.8) is 0 Å². The molecule has 11 heteroatoms. The lowest BCUT2D eigenvalue weighted by atomic mass is 9.93. The molecule has 43 heavy (non-hydrogen) atoms. The second kappa shape index (κ2) is 11.2. The van der Waals surface area contributed by atoms with Crippen LogP contribution in [0.3, 0.4) is 0 Å². The Hall–Kier alpha value is -3.44. The van der Waals surface area contributed by atoms with Crippen LogP contribution in [0.4, 0.5) is 17.6 Å². The van der Waals surface area contributed by atoms with Gasteiger partial charge in [-0.2, -0.15) is 15.1 Å². The van der Waals surface area contributed by atoms with Gasteiger partial charge in [-0.1, -0.05) is 20.8 Å². The number of anilines is 3. The van der Waals surface area contributed by atoms with E-state index < -0.39 is 8.32 Å². The van der Waals surface area contributed by atoms with Crippen LogP contribution in [-0.4, -0.2) is 63.9 Å². The van der Waals surface area contributed by atoms with E-state index in [9.17, 15) is 0 Å². The summed E-state index contributed by atoms with van der Waals surface area (Å²) in [5.41, 5.74) is 4.17. The van der Waals surface area contributed by atoms with Crippen molar-refractivity contribution in [3.8, 4) is 11.4 Å². The van der Waals surface area contributed by atoms with Crippen molar-refractivity contribution in [1.29, 1.82) is 0 Å². The minimum absolute atomic E-state index is 0.172. The highest BCUT2D eigenvalue weighted by atomic mass is 28.4. The molecule has 0 unspecified atom stereocenters. The van der Waals surface area contributed by atoms with Crippen molar-refractivity contribution in [2.24, 2.45) is 0 Å². The Morgan fingerprint density at radius 3 is 2.56 bits per heavy atom. The fourth-order valence-corrected chi connectivity index (χ4v) is 6.75. The molecule has 3 aromatic heterocycles. The molecule has 6 rings (SSSR count). The molecule has 2 fully saturated rings. The van der Waals surface area contributed by atoms with Crippen molar-refractivity contribution in [3.05, 3.63) is 42.0 Å². The van der Waals surface area contributed by atoms with E-state index in [4.69, 9.17) is 24.2 Å². The third-order valence-electron chi connectivity index (χ3n) is 9.89. The predicted octanol–water partition coefficient (Wildman–Crippen LogP) is 7.10. The lowest BCUT2D eigenvalue weighted by molar-refractivity contribution is 0.263. The number of imidazole rings is 1. The van der Waals surface area contributed by atoms with Gasteiger partial charge in [-0.25, -0.2) is 9.67 Å². The van der Waals surface area contributed by atoms with Gasteiger partial charge in [0, 0.05) is 12.6 Å². The van der Waals surface area contributed by atoms with Gasteiger partial charge in [-0.15, -0.1) is 0 Å². The maximum absolute atomic E-state index is 6.71. The first-order valence-electron chi connectivity index (χ1n) is 15.6. The van der Waals surface area contributed by atoms with E-state index in [1.54, 1.807) is 13.4 Å². The quantitative estimate of drug-likeness (QED) is 0.203. The summed E-state index contributed by atoms with van der Waals surface area (Å²) in [7, 11) is -0.167. The number of benzene rings is 1. The molecule has 0 bridgehead atoms. The van der Waals surface area contributed by atoms with Crippen molar-refractivity contribution < 1.29 is 9.16 Å². The molecule has 1 aliphatic heterocycles. The molecular formula is C32H46N8O2Si. The number of aromatic nitrogens is 6. The van der Waals surface area contributed by atoms with Crippen LogP contribution >= 0.6 is 0 Å². The highest BCUT2D eigenvalue weighted by molar-refractivity contribution is 6.74. The van der Waals surface area contributed by atoms with Crippen LogP contribution in [0.5, 0.6) is 5.75 Å². The van der Waals surface area contributed by atoms with Gasteiger partial charge >= 0.3 is 0 Å². The number of hydrogen-bond donors (Lipinski definition) is 1. The number of methoxy groups -OCH3 is 1. The van der Waals surface area contributed by atoms with E-state index in [0.717, 1.165) is 71.6 Å². The lowest BCUT2D eigenvalue weighted by Crippen LogP contribution is -2.45. The molecule has 1 atom stereocenters. The highest BCUT2D eigenvalue weighted by Gasteiger charge is 2.39. The van der Waals surface area contributed by atoms with Crippen LogP contribution in [0.15, 0.2) is 30.9 Å². The molecule has 230 valence electrons. The average molecular weight is 603 g/mol. The van der Waals surface area contributed by atoms with E-state index in [1.165, 1.54) is 6.42 Å². The Morgan fingerprint density at radius 2 is 1.86 bits per heavy atom. The van der Waals surface area contributed by atoms with Crippen LogP contribution in [0.1, 0.15) is 70.0 Å². The molecule has 1 saturated heterocycles. The second-order valence-corrected chi connectivity index (χ2v) is 18.5. The highest BCUT2D eigenvalue weighted by Crippen LogP contribution is 2.39. The monoisotopic (exact) mass is 602 g/mol. The zero-order valence-electron chi connectivity index (χ0n) is 26.9. The lowest BCUT2D eigenvalue weighted by Gasteiger charge is -2.38. The van der Waals surface area contributed by atoms with Crippen molar-refractivity contribution in [1.82, 2.24) is 29.3 Å². The number of nitrogens with zero attached hydrogens (tertiary/aromatic N) is 7. The molecular weight excluding hydrogens is 556 g/mol. The number of fused-ring (bicyclic) bond motifs is 1. The minimum Gasteiger partial charge on any atom is -0.496 e. The zero-order valence-corrected chi connectivity index (χ0v) is 27.9. The summed E-state index contributed by atoms with van der Waals surface area (Å²) >= 11 is 0. The molecule has 1 saturated carbocycles. The Kier molecular flexibility index (Phi) is 7.74. The molecule has 0 spiro atoms. The van der Waals surface area contributed by atoms with Gasteiger partial charge in [-0.3, -0.25) is 0 Å². The van der Waals surface area contributed by atoms with Crippen LogP contribution in [0, 0.1) is 13.8 Å². The van der Waals surface area contributed by atoms with E-state index >= 15 is 0 Å². The predicted molar refractivity (Wildman–Crippen MR) is 175 cm³/mol. The molecule has 1 N–H and O–H groups in total. The Bertz CT molecular complexity index is 1620. The van der Waals surface area contributed by atoms with E-state index in [2.05, 4.69) is 73.7 Å². The van der Waals surface area contributed by atoms with Gasteiger partial charge in [0.2, 0.25) is 5.95 Å². The Morgan fingerprint density at radius 1 is 1.07 bits per heavy atom. The van der Waals surface area contributed by atoms with Crippen molar-refractivity contribution in [2.45, 2.75) is 96.9 Å². The third kappa shape index (κ3) is 5.64. The first kappa shape index (κ1) is 29.6. The first-order chi connectivity index (χ1) is 20.4. The van der Waals surface area contributed by atoms with Gasteiger partial charge in [-0.05, 0) is 81.3 Å². The SMILES string of the molecule is COc1cc(-n2cnc(Nc3nc(N4CCC[C@H]4CO[Si](C)(C)C(C)(C)C)c4cnn(C5CCC5)c4n3)c2)cc(C)c1C. The molecule has 4 aromatic rings. The molecule has 0 amide bonds. The van der Waals surface area contributed by atoms with Crippen LogP contribution in [0.25, 0.3) is 16.7 Å². The van der Waals surface area contributed by atoms with Crippen LogP contribution in [-0.2, 0) is 4.43 Å². The maximum atomic E-state index is 6.71. The minimum atomic E-state index is -1.87. The van der Waals surface area contributed by atoms with Gasteiger partial charge in [0.25, 0.3) is 0 Å². The smallest absolute Gasteiger partial charge is 0.232 e. The standard InChI is InChI=1S/C32H46N8O2Si/c1-21-15-25(16-27(41-6)22(21)2)38-18-28(33-20-38)35-31-36-29(26-17-34-40(30(26)37-31)23-11-9-12-23)39-14-10-13-24(39)19-42-43(7,8)32(3,4)5/h15-18,20,23-24H,9-14,19H2,1-8H3,(H,35,36,37)/t24-/m0/s1. The fraction of sp³-hybridized carbons (Fsp3) is 0.562. The van der Waals surface area contributed by atoms with Crippen LogP contribution < -0.4 is 15.0 Å². The number of hydrogen-bond acceptors (Lipinski definition) is 8. The van der Waals surface area contributed by atoms with Crippen LogP contribution in [0.2, 0.25) is 18.1 Å². The van der Waals surface area contributed by atoms with Gasteiger partial charge in [0.15, 0.2) is 19.8 Å². The van der Waals surface area contributed by atoms with E-state index in [-0.39, 0.29) is 11.1 Å². The average Bonchev–Trinajstić information content (AvgIpc) is 3.68. The van der Waals surface area contributed by atoms with Crippen molar-refractivity contribution in [2.75, 3.05) is 30.5 Å².